The van der Waals surface area contributed by atoms with E-state index in [1.165, 1.54) is 7.11 Å². The molecule has 0 heterocycles. The lowest BCUT2D eigenvalue weighted by Crippen LogP contribution is -2.23. The summed E-state index contributed by atoms with van der Waals surface area (Å²) < 4.78 is 10.4. The van der Waals surface area contributed by atoms with E-state index >= 15 is 0 Å². The normalized spacial score (nSPS) is 10.9. The van der Waals surface area contributed by atoms with Crippen molar-refractivity contribution < 1.29 is 19.1 Å². The smallest absolute Gasteiger partial charge is 0.244 e. The highest BCUT2D eigenvalue weighted by Gasteiger charge is 2.10. The van der Waals surface area contributed by atoms with E-state index in [9.17, 15) is 9.59 Å². The predicted molar refractivity (Wildman–Crippen MR) is 104 cm³/mol. The third-order valence-electron chi connectivity index (χ3n) is 3.68. The second-order valence-electron chi connectivity index (χ2n) is 5.84. The molecule has 2 rings (SSSR count). The molecule has 0 bridgehead atoms. The van der Waals surface area contributed by atoms with E-state index in [1.54, 1.807) is 32.2 Å². The van der Waals surface area contributed by atoms with Crippen LogP contribution >= 0.6 is 0 Å². The summed E-state index contributed by atoms with van der Waals surface area (Å²) in [5.41, 5.74) is 4.38. The molecule has 0 saturated carbocycles. The van der Waals surface area contributed by atoms with Gasteiger partial charge in [-0.15, -0.1) is 0 Å². The molecular weight excluding hydrogens is 346 g/mol. The van der Waals surface area contributed by atoms with Gasteiger partial charge in [0.05, 0.1) is 32.7 Å². The Morgan fingerprint density at radius 2 is 1.74 bits per heavy atom. The second kappa shape index (κ2) is 9.96. The number of amides is 2. The third-order valence-corrected chi connectivity index (χ3v) is 3.68. The third kappa shape index (κ3) is 6.47. The number of anilines is 1. The van der Waals surface area contributed by atoms with Crippen molar-refractivity contribution in [1.29, 1.82) is 0 Å². The number of nitrogens with zero attached hydrogens (tertiary/aromatic N) is 1. The Kier molecular flexibility index (Phi) is 7.37. The molecule has 0 saturated heterocycles. The zero-order valence-electron chi connectivity index (χ0n) is 15.6. The van der Waals surface area contributed by atoms with Crippen LogP contribution < -0.4 is 20.2 Å². The monoisotopic (exact) mass is 369 g/mol. The zero-order valence-corrected chi connectivity index (χ0v) is 15.6. The van der Waals surface area contributed by atoms with Crippen LogP contribution in [-0.2, 0) is 16.0 Å². The number of nitrogens with one attached hydrogen (secondary N) is 2. The lowest BCUT2D eigenvalue weighted by atomic mass is 10.1. The van der Waals surface area contributed by atoms with Gasteiger partial charge in [-0.2, -0.15) is 5.10 Å². The Morgan fingerprint density at radius 3 is 2.41 bits per heavy atom. The van der Waals surface area contributed by atoms with E-state index in [0.29, 0.717) is 22.9 Å². The molecule has 0 spiro atoms. The minimum atomic E-state index is -0.267. The molecule has 0 aliphatic heterocycles. The van der Waals surface area contributed by atoms with Crippen molar-refractivity contribution in [2.24, 2.45) is 5.10 Å². The maximum Gasteiger partial charge on any atom is 0.244 e. The zero-order chi connectivity index (χ0) is 19.6. The summed E-state index contributed by atoms with van der Waals surface area (Å²) in [5, 5.41) is 6.73. The SMILES string of the molecule is COc1ccc(NC(=O)C/C(C)=N/NC(=O)Cc2ccccc2)c(OC)c1. The van der Waals surface area contributed by atoms with Crippen LogP contribution in [0, 0.1) is 0 Å². The molecule has 27 heavy (non-hydrogen) atoms. The topological polar surface area (TPSA) is 89.0 Å². The molecule has 2 aromatic rings. The van der Waals surface area contributed by atoms with Gasteiger partial charge in [-0.25, -0.2) is 5.43 Å². The number of carbonyl (C=O) groups excluding carboxylic acids is 2. The highest BCUT2D eigenvalue weighted by atomic mass is 16.5. The highest BCUT2D eigenvalue weighted by molar-refractivity contribution is 6.06. The Labute approximate surface area is 158 Å². The lowest BCUT2D eigenvalue weighted by molar-refractivity contribution is -0.120. The van der Waals surface area contributed by atoms with Gasteiger partial charge < -0.3 is 14.8 Å². The molecule has 0 aliphatic rings. The van der Waals surface area contributed by atoms with Crippen molar-refractivity contribution in [1.82, 2.24) is 5.43 Å². The number of ether oxygens (including phenoxy) is 2. The van der Waals surface area contributed by atoms with E-state index in [1.807, 2.05) is 30.3 Å². The van der Waals surface area contributed by atoms with Crippen molar-refractivity contribution in [3.05, 3.63) is 54.1 Å². The van der Waals surface area contributed by atoms with Gasteiger partial charge in [-0.3, -0.25) is 9.59 Å². The van der Waals surface area contributed by atoms with Gasteiger partial charge in [-0.1, -0.05) is 30.3 Å². The second-order valence-corrected chi connectivity index (χ2v) is 5.84. The van der Waals surface area contributed by atoms with Gasteiger partial charge in [0.1, 0.15) is 11.5 Å². The molecular formula is C20H23N3O4. The Balaban J connectivity index is 1.87. The average molecular weight is 369 g/mol. The van der Waals surface area contributed by atoms with Gasteiger partial charge >= 0.3 is 0 Å². The number of benzene rings is 2. The fourth-order valence-electron chi connectivity index (χ4n) is 2.35. The van der Waals surface area contributed by atoms with E-state index < -0.39 is 0 Å². The largest absolute Gasteiger partial charge is 0.497 e. The molecule has 0 radical (unpaired) electrons. The van der Waals surface area contributed by atoms with E-state index in [2.05, 4.69) is 15.8 Å². The molecule has 0 aromatic heterocycles. The quantitative estimate of drug-likeness (QED) is 0.553. The lowest BCUT2D eigenvalue weighted by Gasteiger charge is -2.11. The number of methoxy groups -OCH3 is 2. The van der Waals surface area contributed by atoms with Crippen LogP contribution in [0.15, 0.2) is 53.6 Å². The maximum absolute atomic E-state index is 12.2. The number of carbonyl (C=O) groups is 2. The molecule has 0 unspecified atom stereocenters. The molecule has 0 atom stereocenters. The maximum atomic E-state index is 12.2. The summed E-state index contributed by atoms with van der Waals surface area (Å²) in [7, 11) is 3.07. The van der Waals surface area contributed by atoms with E-state index in [0.717, 1.165) is 5.56 Å². The number of hydrazone groups is 1. The molecule has 2 N–H and O–H groups in total. The fraction of sp³-hybridized carbons (Fsp3) is 0.250. The molecule has 7 heteroatoms. The van der Waals surface area contributed by atoms with Crippen LogP contribution in [0.4, 0.5) is 5.69 Å². The molecule has 7 nitrogen and oxygen atoms in total. The van der Waals surface area contributed by atoms with Crippen LogP contribution in [-0.4, -0.2) is 31.7 Å². The van der Waals surface area contributed by atoms with Crippen LogP contribution in [0.2, 0.25) is 0 Å². The average Bonchev–Trinajstić information content (AvgIpc) is 2.67. The Morgan fingerprint density at radius 1 is 1.00 bits per heavy atom. The first-order valence-electron chi connectivity index (χ1n) is 8.39. The first kappa shape index (κ1) is 20.0. The molecule has 2 amide bonds. The summed E-state index contributed by atoms with van der Waals surface area (Å²) in [6.07, 6.45) is 0.271. The van der Waals surface area contributed by atoms with E-state index in [4.69, 9.17) is 9.47 Å². The van der Waals surface area contributed by atoms with Crippen LogP contribution in [0.5, 0.6) is 11.5 Å². The Hall–Kier alpha value is -3.35. The van der Waals surface area contributed by atoms with Crippen molar-refractivity contribution in [2.75, 3.05) is 19.5 Å². The van der Waals surface area contributed by atoms with Gasteiger partial charge in [0, 0.05) is 11.8 Å². The standard InChI is InChI=1S/C20H23N3O4/c1-14(22-23-20(25)12-15-7-5-4-6-8-15)11-19(24)21-17-10-9-16(26-2)13-18(17)27-3/h4-10,13H,11-12H2,1-3H3,(H,21,24)(H,23,25)/b22-14+. The highest BCUT2D eigenvalue weighted by Crippen LogP contribution is 2.29. The minimum absolute atomic E-state index is 0.0425. The van der Waals surface area contributed by atoms with Crippen molar-refractivity contribution in [2.45, 2.75) is 19.8 Å². The first-order chi connectivity index (χ1) is 13.0. The molecule has 0 fully saturated rings. The summed E-state index contributed by atoms with van der Waals surface area (Å²) in [4.78, 5) is 24.1. The number of rotatable bonds is 8. The molecule has 0 aliphatic carbocycles. The molecule has 2 aromatic carbocycles. The predicted octanol–water partition coefficient (Wildman–Crippen LogP) is 2.77. The van der Waals surface area contributed by atoms with Crippen molar-refractivity contribution >= 4 is 23.2 Å². The first-order valence-corrected chi connectivity index (χ1v) is 8.39. The van der Waals surface area contributed by atoms with Crippen molar-refractivity contribution in [3.63, 3.8) is 0 Å². The van der Waals surface area contributed by atoms with Crippen molar-refractivity contribution in [3.8, 4) is 11.5 Å². The summed E-state index contributed by atoms with van der Waals surface area (Å²) in [5.74, 6) is 0.618. The van der Waals surface area contributed by atoms with Crippen LogP contribution in [0.1, 0.15) is 18.9 Å². The fourth-order valence-corrected chi connectivity index (χ4v) is 2.35. The number of hydrogen-bond donors (Lipinski definition) is 2. The van der Waals surface area contributed by atoms with Gasteiger partial charge in [0.15, 0.2) is 0 Å². The van der Waals surface area contributed by atoms with E-state index in [-0.39, 0.29) is 24.7 Å². The van der Waals surface area contributed by atoms with Gasteiger partial charge in [-0.05, 0) is 24.6 Å². The number of hydrogen-bond acceptors (Lipinski definition) is 5. The van der Waals surface area contributed by atoms with Crippen LogP contribution in [0.3, 0.4) is 0 Å². The van der Waals surface area contributed by atoms with Gasteiger partial charge in [0.25, 0.3) is 0 Å². The summed E-state index contributed by atoms with van der Waals surface area (Å²) in [6.45, 7) is 1.67. The Bertz CT molecular complexity index is 819. The van der Waals surface area contributed by atoms with Crippen LogP contribution in [0.25, 0.3) is 0 Å². The van der Waals surface area contributed by atoms with Gasteiger partial charge in [0.2, 0.25) is 11.8 Å². The molecule has 142 valence electrons. The summed E-state index contributed by atoms with van der Waals surface area (Å²) in [6, 6.07) is 14.5. The minimum Gasteiger partial charge on any atom is -0.497 e. The summed E-state index contributed by atoms with van der Waals surface area (Å²) >= 11 is 0.